The van der Waals surface area contributed by atoms with Crippen molar-refractivity contribution in [3.8, 4) is 0 Å². The van der Waals surface area contributed by atoms with E-state index in [0.29, 0.717) is 24.2 Å². The van der Waals surface area contributed by atoms with Gasteiger partial charge in [-0.2, -0.15) is 0 Å². The maximum atomic E-state index is 6.30. The molecule has 0 spiro atoms. The maximum Gasteiger partial charge on any atom is 0.0627 e. The van der Waals surface area contributed by atoms with Crippen LogP contribution in [0, 0.1) is 5.92 Å². The zero-order valence-corrected chi connectivity index (χ0v) is 10.8. The fraction of sp³-hybridized carbons (Fsp3) is 0.571. The van der Waals surface area contributed by atoms with Crippen LogP contribution in [0.2, 0.25) is 5.02 Å². The molecule has 2 bridgehead atoms. The molecule has 0 radical (unpaired) electrons. The van der Waals surface area contributed by atoms with Crippen LogP contribution in [0.5, 0.6) is 0 Å². The van der Waals surface area contributed by atoms with Gasteiger partial charge in [-0.25, -0.2) is 0 Å². The van der Waals surface area contributed by atoms with Crippen molar-refractivity contribution in [3.63, 3.8) is 0 Å². The minimum Gasteiger partial charge on any atom is -0.375 e. The second kappa shape index (κ2) is 4.60. The van der Waals surface area contributed by atoms with E-state index in [1.54, 1.807) is 0 Å². The topological polar surface area (TPSA) is 21.3 Å². The summed E-state index contributed by atoms with van der Waals surface area (Å²) < 4.78 is 5.95. The van der Waals surface area contributed by atoms with Crippen molar-refractivity contribution in [2.24, 2.45) is 5.92 Å². The third kappa shape index (κ3) is 1.99. The number of fused-ring (bicyclic) bond motifs is 2. The summed E-state index contributed by atoms with van der Waals surface area (Å²) in [4.78, 5) is 0. The quantitative estimate of drug-likeness (QED) is 0.891. The van der Waals surface area contributed by atoms with E-state index in [1.807, 2.05) is 19.2 Å². The average molecular weight is 252 g/mol. The molecule has 3 heteroatoms. The summed E-state index contributed by atoms with van der Waals surface area (Å²) in [7, 11) is 2.01. The molecule has 17 heavy (non-hydrogen) atoms. The van der Waals surface area contributed by atoms with E-state index < -0.39 is 0 Å². The highest BCUT2D eigenvalue weighted by molar-refractivity contribution is 6.31. The van der Waals surface area contributed by atoms with Gasteiger partial charge in [-0.1, -0.05) is 29.8 Å². The molecule has 2 aliphatic heterocycles. The molecule has 0 aliphatic carbocycles. The monoisotopic (exact) mass is 251 g/mol. The Bertz CT molecular complexity index is 409. The number of benzene rings is 1. The van der Waals surface area contributed by atoms with E-state index in [2.05, 4.69) is 17.4 Å². The fourth-order valence-electron chi connectivity index (χ4n) is 3.36. The summed E-state index contributed by atoms with van der Waals surface area (Å²) in [6.07, 6.45) is 4.52. The van der Waals surface area contributed by atoms with Crippen molar-refractivity contribution < 1.29 is 4.74 Å². The number of hydrogen-bond acceptors (Lipinski definition) is 2. The molecule has 0 amide bonds. The van der Waals surface area contributed by atoms with Crippen LogP contribution in [0.4, 0.5) is 0 Å². The van der Waals surface area contributed by atoms with Crippen molar-refractivity contribution in [2.45, 2.75) is 37.5 Å². The van der Waals surface area contributed by atoms with E-state index in [0.717, 1.165) is 5.02 Å². The van der Waals surface area contributed by atoms with Crippen molar-refractivity contribution in [1.29, 1.82) is 0 Å². The Hall–Kier alpha value is -0.570. The van der Waals surface area contributed by atoms with E-state index in [9.17, 15) is 0 Å². The maximum absolute atomic E-state index is 6.30. The van der Waals surface area contributed by atoms with Gasteiger partial charge in [-0.15, -0.1) is 0 Å². The molecule has 2 saturated heterocycles. The number of ether oxygens (including phenoxy) is 1. The number of hydrogen-bond donors (Lipinski definition) is 1. The van der Waals surface area contributed by atoms with Gasteiger partial charge in [0.1, 0.15) is 0 Å². The Balaban J connectivity index is 1.87. The van der Waals surface area contributed by atoms with Gasteiger partial charge in [0, 0.05) is 17.0 Å². The van der Waals surface area contributed by atoms with Gasteiger partial charge < -0.3 is 10.1 Å². The fourth-order valence-corrected chi connectivity index (χ4v) is 3.61. The highest BCUT2D eigenvalue weighted by atomic mass is 35.5. The number of nitrogens with one attached hydrogen (secondary N) is 1. The lowest BCUT2D eigenvalue weighted by atomic mass is 9.81. The first-order chi connectivity index (χ1) is 8.29. The molecule has 2 fully saturated rings. The Morgan fingerprint density at radius 1 is 1.35 bits per heavy atom. The van der Waals surface area contributed by atoms with Gasteiger partial charge in [0.05, 0.1) is 12.2 Å². The predicted octanol–water partition coefficient (Wildman–Crippen LogP) is 3.17. The lowest BCUT2D eigenvalue weighted by molar-refractivity contribution is 0.0863. The van der Waals surface area contributed by atoms with Crippen LogP contribution in [0.3, 0.4) is 0 Å². The molecule has 92 valence electrons. The highest BCUT2D eigenvalue weighted by Gasteiger charge is 2.44. The minimum absolute atomic E-state index is 0.319. The lowest BCUT2D eigenvalue weighted by Gasteiger charge is -2.29. The van der Waals surface area contributed by atoms with Crippen molar-refractivity contribution in [3.05, 3.63) is 34.9 Å². The Morgan fingerprint density at radius 2 is 2.18 bits per heavy atom. The van der Waals surface area contributed by atoms with Gasteiger partial charge >= 0.3 is 0 Å². The molecule has 1 aromatic rings. The third-order valence-corrected chi connectivity index (χ3v) is 4.48. The van der Waals surface area contributed by atoms with Gasteiger partial charge in [0.2, 0.25) is 0 Å². The summed E-state index contributed by atoms with van der Waals surface area (Å²) in [5, 5.41) is 4.28. The highest BCUT2D eigenvalue weighted by Crippen LogP contribution is 2.45. The summed E-state index contributed by atoms with van der Waals surface area (Å²) >= 11 is 6.30. The first-order valence-corrected chi connectivity index (χ1v) is 6.74. The molecule has 4 atom stereocenters. The molecule has 1 N–H and O–H groups in total. The lowest BCUT2D eigenvalue weighted by Crippen LogP contribution is -2.31. The third-order valence-electron chi connectivity index (χ3n) is 4.13. The summed E-state index contributed by atoms with van der Waals surface area (Å²) in [5.41, 5.74) is 1.21. The van der Waals surface area contributed by atoms with Crippen molar-refractivity contribution in [1.82, 2.24) is 5.32 Å². The number of halogens is 1. The first kappa shape index (κ1) is 11.5. The van der Waals surface area contributed by atoms with Crippen molar-refractivity contribution >= 4 is 11.6 Å². The van der Waals surface area contributed by atoms with Crippen LogP contribution in [0.25, 0.3) is 0 Å². The molecule has 2 nitrogen and oxygen atoms in total. The smallest absolute Gasteiger partial charge is 0.0627 e. The number of rotatable bonds is 3. The van der Waals surface area contributed by atoms with Crippen LogP contribution in [0.1, 0.15) is 30.9 Å². The van der Waals surface area contributed by atoms with Gasteiger partial charge in [0.25, 0.3) is 0 Å². The van der Waals surface area contributed by atoms with Gasteiger partial charge in [-0.3, -0.25) is 0 Å². The summed E-state index contributed by atoms with van der Waals surface area (Å²) in [6, 6.07) is 8.44. The molecule has 3 rings (SSSR count). The van der Waals surface area contributed by atoms with Gasteiger partial charge in [0.15, 0.2) is 0 Å². The molecule has 1 aromatic carbocycles. The normalized spacial score (nSPS) is 32.9. The molecule has 0 aromatic heterocycles. The molecular weight excluding hydrogens is 234 g/mol. The van der Waals surface area contributed by atoms with Crippen LogP contribution >= 0.6 is 11.6 Å². The Morgan fingerprint density at radius 3 is 2.76 bits per heavy atom. The zero-order valence-electron chi connectivity index (χ0n) is 10.0. The molecule has 2 aliphatic rings. The molecular formula is C14H18ClNO. The van der Waals surface area contributed by atoms with Crippen molar-refractivity contribution in [2.75, 3.05) is 7.05 Å². The van der Waals surface area contributed by atoms with E-state index in [-0.39, 0.29) is 0 Å². The molecule has 2 heterocycles. The molecule has 4 unspecified atom stereocenters. The van der Waals surface area contributed by atoms with Gasteiger partial charge in [-0.05, 0) is 37.9 Å². The summed E-state index contributed by atoms with van der Waals surface area (Å²) in [5.74, 6) is 0.568. The standard InChI is InChI=1S/C14H18ClNO/c1-16-14(10-4-2-3-5-12(10)15)11-8-9-6-7-13(11)17-9/h2-5,9,11,13-14,16H,6-8H2,1H3. The van der Waals surface area contributed by atoms with Crippen LogP contribution in [0.15, 0.2) is 24.3 Å². The van der Waals surface area contributed by atoms with E-state index >= 15 is 0 Å². The zero-order chi connectivity index (χ0) is 11.8. The van der Waals surface area contributed by atoms with Crippen LogP contribution in [-0.2, 0) is 4.74 Å². The van der Waals surface area contributed by atoms with Crippen LogP contribution < -0.4 is 5.32 Å². The first-order valence-electron chi connectivity index (χ1n) is 6.36. The van der Waals surface area contributed by atoms with Crippen LogP contribution in [-0.4, -0.2) is 19.3 Å². The Labute approximate surface area is 107 Å². The summed E-state index contributed by atoms with van der Waals surface area (Å²) in [6.45, 7) is 0. The Kier molecular flexibility index (Phi) is 3.12. The minimum atomic E-state index is 0.319. The van der Waals surface area contributed by atoms with E-state index in [4.69, 9.17) is 16.3 Å². The predicted molar refractivity (Wildman–Crippen MR) is 69.3 cm³/mol. The second-order valence-corrected chi connectivity index (χ2v) is 5.47. The molecule has 0 saturated carbocycles. The second-order valence-electron chi connectivity index (χ2n) is 5.06. The van der Waals surface area contributed by atoms with E-state index in [1.165, 1.54) is 24.8 Å². The SMILES string of the molecule is CNC(c1ccccc1Cl)C1CC2CCC1O2. The largest absolute Gasteiger partial charge is 0.375 e. The average Bonchev–Trinajstić information content (AvgIpc) is 2.95.